The molecule has 0 aliphatic rings. The fourth-order valence-corrected chi connectivity index (χ4v) is 0.328. The van der Waals surface area contributed by atoms with Gasteiger partial charge in [-0.25, -0.2) is 0 Å². The molecule has 0 unspecified atom stereocenters. The van der Waals surface area contributed by atoms with E-state index in [1.54, 1.807) is 0 Å². The van der Waals surface area contributed by atoms with Gasteiger partial charge in [-0.3, -0.25) is 4.79 Å². The minimum atomic E-state index is -0.693. The molecule has 2 nitrogen and oxygen atoms in total. The van der Waals surface area contributed by atoms with Crippen molar-refractivity contribution in [2.45, 2.75) is 26.2 Å². The molecule has 0 heterocycles. The van der Waals surface area contributed by atoms with Gasteiger partial charge < -0.3 is 5.11 Å². The molecule has 0 aromatic rings. The molecule has 0 amide bonds. The quantitative estimate of drug-likeness (QED) is 0.786. The average molecular weight is 307 g/mol. The van der Waals surface area contributed by atoms with Gasteiger partial charge in [0.1, 0.15) is 0 Å². The summed E-state index contributed by atoms with van der Waals surface area (Å²) in [5, 5.41) is 8.04. The van der Waals surface area contributed by atoms with Gasteiger partial charge in [0.2, 0.25) is 0 Å². The number of rotatable bonds is 3. The van der Waals surface area contributed by atoms with E-state index in [9.17, 15) is 4.79 Å². The second kappa shape index (κ2) is 7.39. The third-order valence-corrected chi connectivity index (χ3v) is 0.744. The van der Waals surface area contributed by atoms with Crippen LogP contribution >= 0.6 is 0 Å². The number of carboxylic acids is 1. The van der Waals surface area contributed by atoms with Gasteiger partial charge in [-0.05, 0) is 6.42 Å². The first kappa shape index (κ1) is 11.2. The summed E-state index contributed by atoms with van der Waals surface area (Å²) in [6.45, 7) is 1.98. The predicted octanol–water partition coefficient (Wildman–Crippen LogP) is 0.880. The van der Waals surface area contributed by atoms with Gasteiger partial charge in [0.15, 0.2) is 0 Å². The Hall–Kier alpha value is 0.392. The maximum atomic E-state index is 9.76. The fourth-order valence-electron chi connectivity index (χ4n) is 0.328. The zero-order chi connectivity index (χ0) is 5.70. The number of aliphatic carboxylic acids is 1. The van der Waals surface area contributed by atoms with Crippen molar-refractivity contribution in [1.29, 1.82) is 0 Å². The molecule has 0 saturated carbocycles. The van der Waals surface area contributed by atoms with Gasteiger partial charge in [0.25, 0.3) is 0 Å². The van der Waals surface area contributed by atoms with Crippen LogP contribution in [0.3, 0.4) is 0 Å². The van der Waals surface area contributed by atoms with Gasteiger partial charge in [-0.15, -0.1) is 0 Å². The zero-order valence-corrected chi connectivity index (χ0v) is 9.54. The normalized spacial score (nSPS) is 7.62. The van der Waals surface area contributed by atoms with Crippen LogP contribution in [0, 0.1) is 0 Å². The fraction of sp³-hybridized carbons (Fsp3) is 0.800. The van der Waals surface area contributed by atoms with Crippen molar-refractivity contribution in [3.63, 3.8) is 0 Å². The van der Waals surface area contributed by atoms with E-state index < -0.39 is 5.97 Å². The summed E-state index contributed by atoms with van der Waals surface area (Å²) in [6, 6.07) is 0. The van der Waals surface area contributed by atoms with Crippen molar-refractivity contribution in [2.24, 2.45) is 0 Å². The predicted molar refractivity (Wildman–Crippen MR) is 32.9 cm³/mol. The smallest absolute Gasteiger partial charge is 0.303 e. The van der Waals surface area contributed by atoms with Gasteiger partial charge in [0.05, 0.1) is 0 Å². The monoisotopic (exact) mass is 307 g/mol. The van der Waals surface area contributed by atoms with Gasteiger partial charge in [-0.1, -0.05) is 13.3 Å². The van der Waals surface area contributed by atoms with Crippen LogP contribution < -0.4 is 0 Å². The van der Waals surface area contributed by atoms with Crippen molar-refractivity contribution >= 4 is 33.3 Å². The molecule has 0 rings (SSSR count). The summed E-state index contributed by atoms with van der Waals surface area (Å²) < 4.78 is 0. The van der Waals surface area contributed by atoms with E-state index in [1.165, 1.54) is 0 Å². The number of unbranched alkanes of at least 4 members (excludes halogenated alkanes) is 1. The van der Waals surface area contributed by atoms with Crippen molar-refractivity contribution in [1.82, 2.24) is 0 Å². The topological polar surface area (TPSA) is 37.3 Å². The van der Waals surface area contributed by atoms with Crippen LogP contribution in [-0.2, 0) is 4.79 Å². The molecule has 0 aromatic heterocycles. The van der Waals surface area contributed by atoms with Crippen LogP contribution in [0.4, 0.5) is 0 Å². The second-order valence-electron chi connectivity index (χ2n) is 1.50. The summed E-state index contributed by atoms with van der Waals surface area (Å²) in [5.74, 6) is -0.693. The number of hydrogen-bond donors (Lipinski definition) is 1. The molecule has 0 fully saturated rings. The van der Waals surface area contributed by atoms with Crippen LogP contribution in [0.25, 0.3) is 0 Å². The van der Waals surface area contributed by atoms with E-state index in [0.29, 0.717) is 6.42 Å². The molecule has 1 N–H and O–H groups in total. The maximum Gasteiger partial charge on any atom is 0.303 e. The molecule has 8 heavy (non-hydrogen) atoms. The van der Waals surface area contributed by atoms with Crippen LogP contribution in [0.15, 0.2) is 0 Å². The molecule has 0 aromatic carbocycles. The molecule has 3 heteroatoms. The molecule has 45 valence electrons. The standard InChI is InChI=1S/C5H10O2.Tl/c1-2-3-4-5(6)7;/h2-4H2,1H3,(H,6,7);. The molecule has 0 bridgehead atoms. The Labute approximate surface area is 69.4 Å². The van der Waals surface area contributed by atoms with Crippen molar-refractivity contribution < 1.29 is 9.90 Å². The summed E-state index contributed by atoms with van der Waals surface area (Å²) in [7, 11) is 0. The summed E-state index contributed by atoms with van der Waals surface area (Å²) in [6.07, 6.45) is 2.08. The summed E-state index contributed by atoms with van der Waals surface area (Å²) in [4.78, 5) is 9.76. The molecule has 0 aliphatic carbocycles. The van der Waals surface area contributed by atoms with E-state index in [4.69, 9.17) is 5.11 Å². The Morgan fingerprint density at radius 2 is 2.12 bits per heavy atom. The van der Waals surface area contributed by atoms with E-state index in [-0.39, 0.29) is 27.3 Å². The molecule has 0 atom stereocenters. The number of carboxylic acid groups (broad SMARTS) is 1. The number of hydrogen-bond acceptors (Lipinski definition) is 1. The van der Waals surface area contributed by atoms with E-state index in [2.05, 4.69) is 0 Å². The Balaban J connectivity index is 0. The van der Waals surface area contributed by atoms with E-state index in [0.717, 1.165) is 12.8 Å². The second-order valence-corrected chi connectivity index (χ2v) is 1.50. The average Bonchev–Trinajstić information content (AvgIpc) is 1.61. The number of carbonyl (C=O) groups is 1. The SMILES string of the molecule is CCCCC(=O)O.[Tl]. The minimum absolute atomic E-state index is 0. The Morgan fingerprint density at radius 3 is 2.25 bits per heavy atom. The first-order valence-corrected chi connectivity index (χ1v) is 2.49. The van der Waals surface area contributed by atoms with Crippen molar-refractivity contribution in [2.75, 3.05) is 0 Å². The minimum Gasteiger partial charge on any atom is -0.481 e. The molecular weight excluding hydrogens is 296 g/mol. The first-order chi connectivity index (χ1) is 3.27. The zero-order valence-electron chi connectivity index (χ0n) is 5.05. The molecule has 1 radical (unpaired) electrons. The largest absolute Gasteiger partial charge is 0.481 e. The van der Waals surface area contributed by atoms with Crippen LogP contribution in [0.1, 0.15) is 26.2 Å². The maximum absolute atomic E-state index is 9.76. The van der Waals surface area contributed by atoms with Gasteiger partial charge in [-0.2, -0.15) is 0 Å². The Morgan fingerprint density at radius 1 is 1.62 bits per heavy atom. The van der Waals surface area contributed by atoms with Crippen LogP contribution in [0.2, 0.25) is 0 Å². The van der Waals surface area contributed by atoms with Crippen molar-refractivity contribution in [3.8, 4) is 0 Å². The Kier molecular flexibility index (Phi) is 10.4. The summed E-state index contributed by atoms with van der Waals surface area (Å²) in [5.41, 5.74) is 0. The van der Waals surface area contributed by atoms with Crippen LogP contribution in [0.5, 0.6) is 0 Å². The third-order valence-electron chi connectivity index (χ3n) is 0.744. The third kappa shape index (κ3) is 9.63. The Bertz CT molecular complexity index is 63.4. The van der Waals surface area contributed by atoms with Crippen LogP contribution in [-0.4, -0.2) is 38.4 Å². The molecular formula is C5H10O2Tl. The van der Waals surface area contributed by atoms with Crippen molar-refractivity contribution in [3.05, 3.63) is 0 Å². The van der Waals surface area contributed by atoms with Gasteiger partial charge in [0, 0.05) is 33.7 Å². The molecule has 0 spiro atoms. The summed E-state index contributed by atoms with van der Waals surface area (Å²) >= 11 is 0. The van der Waals surface area contributed by atoms with Gasteiger partial charge >= 0.3 is 5.97 Å². The molecule has 0 aliphatic heterocycles. The van der Waals surface area contributed by atoms with E-state index >= 15 is 0 Å². The first-order valence-electron chi connectivity index (χ1n) is 2.49. The molecule has 0 saturated heterocycles. The van der Waals surface area contributed by atoms with E-state index in [1.807, 2.05) is 6.92 Å².